The number of hydrogen-bond acceptors (Lipinski definition) is 2. The Morgan fingerprint density at radius 2 is 1.67 bits per heavy atom. The van der Waals surface area contributed by atoms with E-state index in [0.717, 1.165) is 0 Å². The summed E-state index contributed by atoms with van der Waals surface area (Å²) in [5, 5.41) is 5.18. The van der Waals surface area contributed by atoms with Gasteiger partial charge in [0.25, 0.3) is 5.91 Å². The van der Waals surface area contributed by atoms with Gasteiger partial charge in [0.1, 0.15) is 0 Å². The van der Waals surface area contributed by atoms with Gasteiger partial charge in [-0.1, -0.05) is 6.58 Å². The van der Waals surface area contributed by atoms with Gasteiger partial charge in [-0.15, -0.1) is 0 Å². The van der Waals surface area contributed by atoms with Crippen LogP contribution in [0.4, 0.5) is 0 Å². The Morgan fingerprint density at radius 3 is 2.07 bits per heavy atom. The van der Waals surface area contributed by atoms with Crippen LogP contribution in [0.5, 0.6) is 0 Å². The minimum absolute atomic E-state index is 0.216. The molecule has 0 rings (SSSR count). The third-order valence-electron chi connectivity index (χ3n) is 1.34. The van der Waals surface area contributed by atoms with E-state index in [1.54, 1.807) is 6.92 Å². The molecule has 7 heteroatoms. The molecule has 0 bridgehead atoms. The van der Waals surface area contributed by atoms with E-state index in [-0.39, 0.29) is 11.8 Å². The number of rotatable bonds is 4. The zero-order chi connectivity index (χ0) is 12.1. The second-order valence-electron chi connectivity index (χ2n) is 2.79. The number of carbonyl (C=O) groups excluding carboxylic acids is 2. The summed E-state index contributed by atoms with van der Waals surface area (Å²) in [6, 6.07) is 0. The van der Waals surface area contributed by atoms with E-state index in [1.165, 1.54) is 0 Å². The average Bonchev–Trinajstić information content (AvgIpc) is 2.09. The zero-order valence-electron chi connectivity index (χ0n) is 8.07. The summed E-state index contributed by atoms with van der Waals surface area (Å²) in [5.74, 6) is -0.487. The highest BCUT2D eigenvalue weighted by Gasteiger charge is 2.27. The summed E-state index contributed by atoms with van der Waals surface area (Å²) < 4.78 is -0.953. The van der Waals surface area contributed by atoms with E-state index < -0.39 is 2.14 Å². The van der Waals surface area contributed by atoms with Crippen molar-refractivity contribution in [3.8, 4) is 0 Å². The predicted molar refractivity (Wildman–Crippen MR) is 70.3 cm³/mol. The molecule has 0 heterocycles. The van der Waals surface area contributed by atoms with Gasteiger partial charge in [0.2, 0.25) is 8.05 Å². The highest BCUT2D eigenvalue weighted by atomic mass is 80.0. The smallest absolute Gasteiger partial charge is 0.258 e. The molecule has 0 spiro atoms. The molecular weight excluding hydrogens is 396 g/mol. The predicted octanol–water partition coefficient (Wildman–Crippen LogP) is 1.63. The van der Waals surface area contributed by atoms with Gasteiger partial charge in [-0.25, -0.2) is 0 Å². The summed E-state index contributed by atoms with van der Waals surface area (Å²) in [7, 11) is 0. The van der Waals surface area contributed by atoms with Crippen LogP contribution in [0.15, 0.2) is 12.2 Å². The first-order valence-electron chi connectivity index (χ1n) is 4.04. The number of amides is 2. The summed E-state index contributed by atoms with van der Waals surface area (Å²) in [6.07, 6.45) is 0. The third-order valence-corrected chi connectivity index (χ3v) is 2.42. The van der Waals surface area contributed by atoms with Gasteiger partial charge in [0.05, 0.1) is 0 Å². The fraction of sp³-hybridized carbons (Fsp3) is 0.500. The summed E-state index contributed by atoms with van der Waals surface area (Å²) >= 11 is 9.20. The fourth-order valence-electron chi connectivity index (χ4n) is 0.603. The van der Waals surface area contributed by atoms with E-state index in [4.69, 9.17) is 0 Å². The standard InChI is InChI=1S/C8H11Br3N2O2/c1-5(2)6(14)12-3-4-13-7(15)8(9,10)11/h1,3-4H2,2H3,(H,12,14)(H,13,15). The quantitative estimate of drug-likeness (QED) is 0.423. The van der Waals surface area contributed by atoms with Crippen LogP contribution in [0.3, 0.4) is 0 Å². The lowest BCUT2D eigenvalue weighted by Crippen LogP contribution is -2.39. The Morgan fingerprint density at radius 1 is 1.20 bits per heavy atom. The topological polar surface area (TPSA) is 58.2 Å². The minimum atomic E-state index is -0.953. The SMILES string of the molecule is C=C(C)C(=O)NCCNC(=O)C(Br)(Br)Br. The number of alkyl halides is 3. The molecule has 86 valence electrons. The van der Waals surface area contributed by atoms with Crippen molar-refractivity contribution in [2.75, 3.05) is 13.1 Å². The first kappa shape index (κ1) is 15.1. The molecular formula is C8H11Br3N2O2. The van der Waals surface area contributed by atoms with E-state index in [1.807, 2.05) is 0 Å². The molecule has 0 aliphatic carbocycles. The molecule has 2 amide bonds. The van der Waals surface area contributed by atoms with Crippen LogP contribution in [0.2, 0.25) is 0 Å². The molecule has 0 radical (unpaired) electrons. The van der Waals surface area contributed by atoms with Crippen molar-refractivity contribution in [3.63, 3.8) is 0 Å². The maximum Gasteiger partial charge on any atom is 0.258 e. The maximum atomic E-state index is 11.3. The van der Waals surface area contributed by atoms with Crippen LogP contribution < -0.4 is 10.6 Å². The number of carbonyl (C=O) groups is 2. The van der Waals surface area contributed by atoms with Gasteiger partial charge in [-0.05, 0) is 54.7 Å². The molecule has 0 fully saturated rings. The average molecular weight is 407 g/mol. The van der Waals surface area contributed by atoms with Crippen LogP contribution in [0.25, 0.3) is 0 Å². The molecule has 0 unspecified atom stereocenters. The van der Waals surface area contributed by atoms with E-state index in [9.17, 15) is 9.59 Å². The monoisotopic (exact) mass is 404 g/mol. The number of nitrogens with one attached hydrogen (secondary N) is 2. The van der Waals surface area contributed by atoms with Crippen molar-refractivity contribution in [2.45, 2.75) is 9.07 Å². The van der Waals surface area contributed by atoms with Gasteiger partial charge >= 0.3 is 0 Å². The molecule has 0 aromatic rings. The van der Waals surface area contributed by atoms with E-state index in [2.05, 4.69) is 65.0 Å². The van der Waals surface area contributed by atoms with Crippen LogP contribution >= 0.6 is 47.8 Å². The molecule has 0 saturated carbocycles. The van der Waals surface area contributed by atoms with Crippen LogP contribution in [0, 0.1) is 0 Å². The van der Waals surface area contributed by atoms with E-state index >= 15 is 0 Å². The highest BCUT2D eigenvalue weighted by Crippen LogP contribution is 2.33. The van der Waals surface area contributed by atoms with Crippen molar-refractivity contribution >= 4 is 59.6 Å². The van der Waals surface area contributed by atoms with Gasteiger partial charge in [-0.2, -0.15) is 0 Å². The Kier molecular flexibility index (Phi) is 6.70. The maximum absolute atomic E-state index is 11.3. The highest BCUT2D eigenvalue weighted by molar-refractivity contribution is 9.40. The second kappa shape index (κ2) is 6.65. The molecule has 0 aliphatic heterocycles. The first-order valence-corrected chi connectivity index (χ1v) is 6.41. The lowest BCUT2D eigenvalue weighted by molar-refractivity contribution is -0.120. The van der Waals surface area contributed by atoms with Crippen molar-refractivity contribution in [2.24, 2.45) is 0 Å². The van der Waals surface area contributed by atoms with Crippen molar-refractivity contribution in [3.05, 3.63) is 12.2 Å². The summed E-state index contributed by atoms with van der Waals surface area (Å²) in [5.41, 5.74) is 0.442. The Labute approximate surface area is 114 Å². The third kappa shape index (κ3) is 7.08. The number of halogens is 3. The van der Waals surface area contributed by atoms with Crippen LogP contribution in [-0.4, -0.2) is 27.0 Å². The molecule has 0 aromatic carbocycles. The van der Waals surface area contributed by atoms with Gasteiger partial charge in [0.15, 0.2) is 0 Å². The lowest BCUT2D eigenvalue weighted by Gasteiger charge is -2.12. The van der Waals surface area contributed by atoms with Gasteiger partial charge < -0.3 is 10.6 Å². The van der Waals surface area contributed by atoms with Crippen molar-refractivity contribution in [1.82, 2.24) is 10.6 Å². The lowest BCUT2D eigenvalue weighted by atomic mass is 10.3. The Bertz CT molecular complexity index is 274. The second-order valence-corrected chi connectivity index (χ2v) is 9.55. The summed E-state index contributed by atoms with van der Waals surface area (Å²) in [6.45, 7) is 5.82. The molecule has 0 aliphatic rings. The minimum Gasteiger partial charge on any atom is -0.352 e. The first-order chi connectivity index (χ1) is 6.75. The zero-order valence-corrected chi connectivity index (χ0v) is 12.8. The largest absolute Gasteiger partial charge is 0.352 e. The van der Waals surface area contributed by atoms with Crippen LogP contribution in [0.1, 0.15) is 6.92 Å². The Balaban J connectivity index is 3.69. The van der Waals surface area contributed by atoms with E-state index in [0.29, 0.717) is 18.7 Å². The fourth-order valence-corrected chi connectivity index (χ4v) is 1.02. The summed E-state index contributed by atoms with van der Waals surface area (Å²) in [4.78, 5) is 22.3. The van der Waals surface area contributed by atoms with Gasteiger partial charge in [-0.3, -0.25) is 9.59 Å². The van der Waals surface area contributed by atoms with Crippen molar-refractivity contribution < 1.29 is 9.59 Å². The molecule has 2 N–H and O–H groups in total. The van der Waals surface area contributed by atoms with Crippen LogP contribution in [-0.2, 0) is 9.59 Å². The van der Waals surface area contributed by atoms with Crippen molar-refractivity contribution in [1.29, 1.82) is 0 Å². The molecule has 15 heavy (non-hydrogen) atoms. The molecule has 0 aromatic heterocycles. The molecule has 0 atom stereocenters. The number of hydrogen-bond donors (Lipinski definition) is 2. The van der Waals surface area contributed by atoms with Gasteiger partial charge in [0, 0.05) is 18.7 Å². The Hall–Kier alpha value is 0.120. The molecule has 0 saturated heterocycles. The normalized spacial score (nSPS) is 10.7. The molecule has 4 nitrogen and oxygen atoms in total.